The summed E-state index contributed by atoms with van der Waals surface area (Å²) in [7, 11) is 1.57. The van der Waals surface area contributed by atoms with Crippen molar-refractivity contribution in [1.29, 1.82) is 0 Å². The molecule has 0 spiro atoms. The van der Waals surface area contributed by atoms with Crippen LogP contribution in [0.25, 0.3) is 10.8 Å². The van der Waals surface area contributed by atoms with E-state index in [1.165, 1.54) is 6.21 Å². The van der Waals surface area contributed by atoms with Crippen LogP contribution in [0.1, 0.15) is 18.1 Å². The maximum atomic E-state index is 13.0. The third kappa shape index (κ3) is 2.79. The van der Waals surface area contributed by atoms with Gasteiger partial charge in [0, 0.05) is 5.56 Å². The van der Waals surface area contributed by atoms with E-state index < -0.39 is 17.5 Å². The molecule has 28 heavy (non-hydrogen) atoms. The lowest BCUT2D eigenvalue weighted by atomic mass is 9.92. The van der Waals surface area contributed by atoms with Gasteiger partial charge in [0.25, 0.3) is 5.91 Å². The standard InChI is InChI=1S/C22H19N3O3/c1-22(16-9-4-3-5-10-16)20(26)25(21(27)24-22)23-14-18-17-11-7-6-8-15(17)12-13-19(18)28-2/h3-14H,1-2H3,(H,24,27)/b23-14-/t22-/m0/s1. The molecule has 1 saturated heterocycles. The summed E-state index contributed by atoms with van der Waals surface area (Å²) in [5.41, 5.74) is 0.252. The van der Waals surface area contributed by atoms with Crippen LogP contribution in [0.15, 0.2) is 71.8 Å². The number of rotatable bonds is 4. The Morgan fingerprint density at radius 1 is 1.00 bits per heavy atom. The van der Waals surface area contributed by atoms with Gasteiger partial charge in [0.2, 0.25) is 0 Å². The lowest BCUT2D eigenvalue weighted by Gasteiger charge is -2.21. The minimum Gasteiger partial charge on any atom is -0.496 e. The van der Waals surface area contributed by atoms with Crippen LogP contribution >= 0.6 is 0 Å². The molecule has 1 aliphatic rings. The van der Waals surface area contributed by atoms with Crippen LogP contribution in [0.3, 0.4) is 0 Å². The van der Waals surface area contributed by atoms with Crippen molar-refractivity contribution in [2.75, 3.05) is 7.11 Å². The molecule has 6 nitrogen and oxygen atoms in total. The Morgan fingerprint density at radius 2 is 1.71 bits per heavy atom. The van der Waals surface area contributed by atoms with Crippen molar-refractivity contribution in [2.24, 2.45) is 5.10 Å². The van der Waals surface area contributed by atoms with E-state index in [2.05, 4.69) is 10.4 Å². The van der Waals surface area contributed by atoms with Crippen LogP contribution < -0.4 is 10.1 Å². The second kappa shape index (κ2) is 6.81. The van der Waals surface area contributed by atoms with Gasteiger partial charge in [-0.3, -0.25) is 4.79 Å². The molecule has 4 rings (SSSR count). The fourth-order valence-corrected chi connectivity index (χ4v) is 3.40. The summed E-state index contributed by atoms with van der Waals surface area (Å²) in [4.78, 5) is 25.4. The first kappa shape index (κ1) is 17.7. The fourth-order valence-electron chi connectivity index (χ4n) is 3.40. The highest BCUT2D eigenvalue weighted by Gasteiger charge is 2.49. The first-order valence-electron chi connectivity index (χ1n) is 8.86. The number of carbonyl (C=O) groups excluding carboxylic acids is 2. The van der Waals surface area contributed by atoms with E-state index in [0.717, 1.165) is 15.8 Å². The number of methoxy groups -OCH3 is 1. The largest absolute Gasteiger partial charge is 0.496 e. The van der Waals surface area contributed by atoms with Crippen molar-refractivity contribution in [3.8, 4) is 5.75 Å². The minimum absolute atomic E-state index is 0.431. The summed E-state index contributed by atoms with van der Waals surface area (Å²) < 4.78 is 5.44. The van der Waals surface area contributed by atoms with Gasteiger partial charge in [0.1, 0.15) is 11.3 Å². The molecule has 3 aromatic rings. The lowest BCUT2D eigenvalue weighted by molar-refractivity contribution is -0.131. The van der Waals surface area contributed by atoms with Crippen LogP contribution in [0, 0.1) is 0 Å². The highest BCUT2D eigenvalue weighted by molar-refractivity contribution is 6.08. The van der Waals surface area contributed by atoms with Gasteiger partial charge in [-0.15, -0.1) is 5.01 Å². The number of nitrogens with one attached hydrogen (secondary N) is 1. The monoisotopic (exact) mass is 373 g/mol. The number of ether oxygens (including phenoxy) is 1. The predicted octanol–water partition coefficient (Wildman–Crippen LogP) is 3.65. The highest BCUT2D eigenvalue weighted by Crippen LogP contribution is 2.30. The highest BCUT2D eigenvalue weighted by atomic mass is 16.5. The Bertz CT molecular complexity index is 1090. The molecule has 3 amide bonds. The first-order chi connectivity index (χ1) is 13.5. The van der Waals surface area contributed by atoms with Crippen molar-refractivity contribution in [3.63, 3.8) is 0 Å². The molecule has 6 heteroatoms. The van der Waals surface area contributed by atoms with E-state index in [4.69, 9.17) is 4.74 Å². The van der Waals surface area contributed by atoms with E-state index in [-0.39, 0.29) is 0 Å². The number of amides is 3. The number of fused-ring (bicyclic) bond motifs is 1. The number of urea groups is 1. The van der Waals surface area contributed by atoms with Gasteiger partial charge in [-0.2, -0.15) is 5.10 Å². The second-order valence-corrected chi connectivity index (χ2v) is 6.69. The molecular weight excluding hydrogens is 354 g/mol. The zero-order chi connectivity index (χ0) is 19.7. The molecule has 0 unspecified atom stereocenters. The van der Waals surface area contributed by atoms with Crippen LogP contribution in [-0.4, -0.2) is 30.3 Å². The van der Waals surface area contributed by atoms with Crippen LogP contribution in [0.4, 0.5) is 4.79 Å². The Kier molecular flexibility index (Phi) is 4.31. The SMILES string of the molecule is COc1ccc2ccccc2c1/C=N\N1C(=O)N[C@@](C)(c2ccccc2)C1=O. The van der Waals surface area contributed by atoms with Gasteiger partial charge in [0.15, 0.2) is 0 Å². The molecule has 0 radical (unpaired) electrons. The molecule has 1 heterocycles. The molecule has 140 valence electrons. The van der Waals surface area contributed by atoms with E-state index in [0.29, 0.717) is 16.9 Å². The van der Waals surface area contributed by atoms with Crippen LogP contribution in [-0.2, 0) is 10.3 Å². The van der Waals surface area contributed by atoms with E-state index >= 15 is 0 Å². The Hall–Kier alpha value is -3.67. The molecule has 0 bridgehead atoms. The van der Waals surface area contributed by atoms with Crippen molar-refractivity contribution in [3.05, 3.63) is 77.9 Å². The van der Waals surface area contributed by atoms with Crippen molar-refractivity contribution < 1.29 is 14.3 Å². The second-order valence-electron chi connectivity index (χ2n) is 6.69. The molecule has 3 aromatic carbocycles. The van der Waals surface area contributed by atoms with Crippen molar-refractivity contribution in [1.82, 2.24) is 10.3 Å². The molecule has 0 aliphatic carbocycles. The number of hydrogen-bond acceptors (Lipinski definition) is 4. The maximum Gasteiger partial charge on any atom is 0.346 e. The third-order valence-corrected chi connectivity index (χ3v) is 4.97. The minimum atomic E-state index is -1.15. The number of carbonyl (C=O) groups is 2. The zero-order valence-corrected chi connectivity index (χ0v) is 15.5. The van der Waals surface area contributed by atoms with Gasteiger partial charge in [-0.05, 0) is 29.3 Å². The number of benzene rings is 3. The summed E-state index contributed by atoms with van der Waals surface area (Å²) in [6.07, 6.45) is 1.50. The number of imide groups is 1. The number of nitrogens with zero attached hydrogens (tertiary/aromatic N) is 2. The van der Waals surface area contributed by atoms with Gasteiger partial charge < -0.3 is 10.1 Å². The van der Waals surface area contributed by atoms with E-state index in [1.54, 1.807) is 26.2 Å². The maximum absolute atomic E-state index is 13.0. The van der Waals surface area contributed by atoms with Crippen LogP contribution in [0.5, 0.6) is 5.75 Å². The number of hydrazone groups is 1. The molecular formula is C22H19N3O3. The average Bonchev–Trinajstić information content (AvgIpc) is 2.96. The van der Waals surface area contributed by atoms with Gasteiger partial charge in [-0.25, -0.2) is 4.79 Å². The molecule has 1 aliphatic heterocycles. The van der Waals surface area contributed by atoms with Gasteiger partial charge in [0.05, 0.1) is 13.3 Å². The zero-order valence-electron chi connectivity index (χ0n) is 15.5. The molecule has 1 fully saturated rings. The Balaban J connectivity index is 1.72. The average molecular weight is 373 g/mol. The van der Waals surface area contributed by atoms with E-state index in [9.17, 15) is 9.59 Å². The van der Waals surface area contributed by atoms with E-state index in [1.807, 2.05) is 54.6 Å². The lowest BCUT2D eigenvalue weighted by Crippen LogP contribution is -2.40. The fraction of sp³-hybridized carbons (Fsp3) is 0.136. The summed E-state index contributed by atoms with van der Waals surface area (Å²) in [6, 6.07) is 20.1. The predicted molar refractivity (Wildman–Crippen MR) is 107 cm³/mol. The number of hydrogen-bond donors (Lipinski definition) is 1. The summed E-state index contributed by atoms with van der Waals surface area (Å²) in [6.45, 7) is 1.68. The smallest absolute Gasteiger partial charge is 0.346 e. The van der Waals surface area contributed by atoms with Crippen molar-refractivity contribution in [2.45, 2.75) is 12.5 Å². The summed E-state index contributed by atoms with van der Waals surface area (Å²) in [5, 5.41) is 9.74. The van der Waals surface area contributed by atoms with Gasteiger partial charge >= 0.3 is 6.03 Å². The molecule has 1 N–H and O–H groups in total. The summed E-state index contributed by atoms with van der Waals surface area (Å²) in [5.74, 6) is 0.180. The van der Waals surface area contributed by atoms with Crippen LogP contribution in [0.2, 0.25) is 0 Å². The van der Waals surface area contributed by atoms with Crippen molar-refractivity contribution >= 4 is 28.9 Å². The molecule has 1 atom stereocenters. The first-order valence-corrected chi connectivity index (χ1v) is 8.86. The quantitative estimate of drug-likeness (QED) is 0.561. The topological polar surface area (TPSA) is 71.0 Å². The normalized spacial score (nSPS) is 19.4. The van der Waals surface area contributed by atoms with Gasteiger partial charge in [-0.1, -0.05) is 60.7 Å². The Morgan fingerprint density at radius 3 is 2.46 bits per heavy atom. The Labute approximate surface area is 162 Å². The third-order valence-electron chi connectivity index (χ3n) is 4.97. The summed E-state index contributed by atoms with van der Waals surface area (Å²) >= 11 is 0. The molecule has 0 aromatic heterocycles. The molecule has 0 saturated carbocycles.